The monoisotopic (exact) mass is 239 g/mol. The summed E-state index contributed by atoms with van der Waals surface area (Å²) >= 11 is 0. The van der Waals surface area contributed by atoms with Crippen LogP contribution in [-0.4, -0.2) is 18.3 Å². The first-order chi connectivity index (χ1) is 5.74. The fourth-order valence-corrected chi connectivity index (χ4v) is 0.933. The van der Waals surface area contributed by atoms with Crippen molar-refractivity contribution in [1.29, 1.82) is 0 Å². The van der Waals surface area contributed by atoms with Gasteiger partial charge >= 0.3 is 0 Å². The van der Waals surface area contributed by atoms with Crippen LogP contribution >= 0.6 is 24.8 Å². The second-order valence-electron chi connectivity index (χ2n) is 2.50. The van der Waals surface area contributed by atoms with Crippen molar-refractivity contribution in [2.45, 2.75) is 0 Å². The minimum Gasteiger partial charge on any atom is -0.399 e. The number of benzene rings is 1. The van der Waals surface area contributed by atoms with Crippen LogP contribution in [0.15, 0.2) is 18.2 Å². The Hall–Kier alpha value is -0.840. The lowest BCUT2D eigenvalue weighted by Gasteiger charge is -2.07. The van der Waals surface area contributed by atoms with E-state index < -0.39 is 0 Å². The van der Waals surface area contributed by atoms with Crippen LogP contribution in [0.25, 0.3) is 0 Å². The van der Waals surface area contributed by atoms with Crippen molar-refractivity contribution in [2.75, 3.05) is 29.9 Å². The summed E-state index contributed by atoms with van der Waals surface area (Å²) in [6, 6.07) is 5.23. The van der Waals surface area contributed by atoms with Gasteiger partial charge in [0.15, 0.2) is 0 Å². The van der Waals surface area contributed by atoms with E-state index in [9.17, 15) is 0 Å². The third kappa shape index (κ3) is 4.41. The van der Waals surface area contributed by atoms with Gasteiger partial charge in [0.05, 0.1) is 18.0 Å². The number of rotatable bonds is 3. The Balaban J connectivity index is 0. The third-order valence-electron chi connectivity index (χ3n) is 1.50. The van der Waals surface area contributed by atoms with Gasteiger partial charge in [-0.25, -0.2) is 0 Å². The van der Waals surface area contributed by atoms with Crippen LogP contribution in [0.5, 0.6) is 0 Å². The lowest BCUT2D eigenvalue weighted by atomic mass is 10.2. The molecule has 0 spiro atoms. The summed E-state index contributed by atoms with van der Waals surface area (Å²) in [4.78, 5) is 0. The van der Waals surface area contributed by atoms with Gasteiger partial charge in [0.2, 0.25) is 0 Å². The normalized spacial score (nSPS) is 8.36. The second kappa shape index (κ2) is 7.55. The second-order valence-corrected chi connectivity index (χ2v) is 2.50. The molecule has 0 heterocycles. The Kier molecular flexibility index (Phi) is 8.43. The molecule has 0 saturated carbocycles. The quantitative estimate of drug-likeness (QED) is 0.596. The molecule has 0 aliphatic heterocycles. The van der Waals surface area contributed by atoms with Crippen molar-refractivity contribution in [3.05, 3.63) is 18.2 Å². The minimum atomic E-state index is 0. The summed E-state index contributed by atoms with van der Waals surface area (Å²) < 4.78 is 0. The van der Waals surface area contributed by atoms with Gasteiger partial charge in [-0.1, -0.05) is 0 Å². The van der Waals surface area contributed by atoms with Crippen molar-refractivity contribution < 1.29 is 5.11 Å². The van der Waals surface area contributed by atoms with Gasteiger partial charge < -0.3 is 21.9 Å². The van der Waals surface area contributed by atoms with E-state index in [-0.39, 0.29) is 31.4 Å². The summed E-state index contributed by atoms with van der Waals surface area (Å²) in [5.41, 5.74) is 13.2. The smallest absolute Gasteiger partial charge is 0.0604 e. The predicted molar refractivity (Wildman–Crippen MR) is 65.3 cm³/mol. The fourth-order valence-electron chi connectivity index (χ4n) is 0.933. The molecular formula is C8H15Cl2N3O. The van der Waals surface area contributed by atoms with Crippen LogP contribution < -0.4 is 16.8 Å². The van der Waals surface area contributed by atoms with Gasteiger partial charge in [-0.2, -0.15) is 0 Å². The van der Waals surface area contributed by atoms with Crippen LogP contribution in [0.1, 0.15) is 0 Å². The maximum absolute atomic E-state index is 8.55. The molecule has 14 heavy (non-hydrogen) atoms. The molecular weight excluding hydrogens is 225 g/mol. The summed E-state index contributed by atoms with van der Waals surface area (Å²) in [5, 5.41) is 11.5. The molecule has 0 aliphatic carbocycles. The number of nitrogen functional groups attached to an aromatic ring is 2. The van der Waals surface area contributed by atoms with Gasteiger partial charge in [-0.3, -0.25) is 0 Å². The van der Waals surface area contributed by atoms with Crippen molar-refractivity contribution in [1.82, 2.24) is 0 Å². The topological polar surface area (TPSA) is 84.3 Å². The third-order valence-corrected chi connectivity index (χ3v) is 1.50. The van der Waals surface area contributed by atoms with Gasteiger partial charge in [0.1, 0.15) is 0 Å². The summed E-state index contributed by atoms with van der Waals surface area (Å²) in [6.45, 7) is 0.581. The van der Waals surface area contributed by atoms with E-state index in [4.69, 9.17) is 16.6 Å². The molecule has 82 valence electrons. The average Bonchev–Trinajstić information content (AvgIpc) is 2.03. The van der Waals surface area contributed by atoms with Crippen molar-refractivity contribution in [3.63, 3.8) is 0 Å². The number of nitrogens with one attached hydrogen (secondary N) is 1. The first-order valence-corrected chi connectivity index (χ1v) is 3.74. The van der Waals surface area contributed by atoms with E-state index in [0.717, 1.165) is 5.69 Å². The summed E-state index contributed by atoms with van der Waals surface area (Å²) in [7, 11) is 0. The molecule has 0 bridgehead atoms. The lowest BCUT2D eigenvalue weighted by molar-refractivity contribution is 0.311. The molecule has 1 aromatic rings. The standard InChI is InChI=1S/C8H13N3O.2ClH/c9-6-1-2-8(7(10)5-6)11-3-4-12;;/h1-2,5,11-12H,3-4,9-10H2;2*1H. The molecule has 4 nitrogen and oxygen atoms in total. The van der Waals surface area contributed by atoms with Gasteiger partial charge in [0.25, 0.3) is 0 Å². The number of aliphatic hydroxyl groups is 1. The van der Waals surface area contributed by atoms with Crippen LogP contribution in [0.2, 0.25) is 0 Å². The SMILES string of the molecule is Cl.Cl.Nc1ccc(NCCO)c(N)c1. The molecule has 1 aromatic carbocycles. The van der Waals surface area contributed by atoms with Crippen molar-refractivity contribution >= 4 is 41.9 Å². The van der Waals surface area contributed by atoms with E-state index in [0.29, 0.717) is 17.9 Å². The highest BCUT2D eigenvalue weighted by Gasteiger charge is 1.96. The molecule has 0 aliphatic rings. The largest absolute Gasteiger partial charge is 0.399 e. The van der Waals surface area contributed by atoms with E-state index in [1.165, 1.54) is 0 Å². The van der Waals surface area contributed by atoms with Gasteiger partial charge in [0, 0.05) is 12.2 Å². The summed E-state index contributed by atoms with van der Waals surface area (Å²) in [6.07, 6.45) is 0. The molecule has 0 unspecified atom stereocenters. The molecule has 0 amide bonds. The van der Waals surface area contributed by atoms with E-state index in [1.54, 1.807) is 18.2 Å². The molecule has 6 N–H and O–H groups in total. The summed E-state index contributed by atoms with van der Waals surface area (Å²) in [5.74, 6) is 0. The Bertz CT molecular complexity index is 271. The number of hydrogen-bond donors (Lipinski definition) is 4. The maximum Gasteiger partial charge on any atom is 0.0604 e. The lowest BCUT2D eigenvalue weighted by Crippen LogP contribution is -2.07. The number of nitrogens with two attached hydrogens (primary N) is 2. The highest BCUT2D eigenvalue weighted by molar-refractivity contribution is 5.85. The molecule has 0 fully saturated rings. The number of anilines is 3. The number of hydrogen-bond acceptors (Lipinski definition) is 4. The zero-order chi connectivity index (χ0) is 8.97. The fraction of sp³-hybridized carbons (Fsp3) is 0.250. The first kappa shape index (κ1) is 15.6. The van der Waals surface area contributed by atoms with E-state index in [2.05, 4.69) is 5.32 Å². The highest BCUT2D eigenvalue weighted by atomic mass is 35.5. The molecule has 0 atom stereocenters. The van der Waals surface area contributed by atoms with Crippen molar-refractivity contribution in [2.24, 2.45) is 0 Å². The highest BCUT2D eigenvalue weighted by Crippen LogP contribution is 2.20. The van der Waals surface area contributed by atoms with Crippen molar-refractivity contribution in [3.8, 4) is 0 Å². The Labute approximate surface area is 95.5 Å². The molecule has 6 heteroatoms. The Morgan fingerprint density at radius 2 is 1.86 bits per heavy atom. The Morgan fingerprint density at radius 1 is 1.21 bits per heavy atom. The molecule has 0 saturated heterocycles. The van der Waals surface area contributed by atoms with Crippen LogP contribution in [0, 0.1) is 0 Å². The number of halogens is 2. The zero-order valence-corrected chi connectivity index (χ0v) is 9.20. The number of aliphatic hydroxyl groups excluding tert-OH is 1. The van der Waals surface area contributed by atoms with Crippen LogP contribution in [0.3, 0.4) is 0 Å². The van der Waals surface area contributed by atoms with Gasteiger partial charge in [-0.05, 0) is 18.2 Å². The minimum absolute atomic E-state index is 0. The first-order valence-electron chi connectivity index (χ1n) is 3.74. The van der Waals surface area contributed by atoms with E-state index >= 15 is 0 Å². The Morgan fingerprint density at radius 3 is 2.36 bits per heavy atom. The van der Waals surface area contributed by atoms with E-state index in [1.807, 2.05) is 0 Å². The van der Waals surface area contributed by atoms with Crippen LogP contribution in [0.4, 0.5) is 17.1 Å². The van der Waals surface area contributed by atoms with Gasteiger partial charge in [-0.15, -0.1) is 24.8 Å². The molecule has 0 radical (unpaired) electrons. The molecule has 0 aromatic heterocycles. The molecule has 1 rings (SSSR count). The zero-order valence-electron chi connectivity index (χ0n) is 7.56. The average molecular weight is 240 g/mol. The maximum atomic E-state index is 8.55. The van der Waals surface area contributed by atoms with Crippen LogP contribution in [-0.2, 0) is 0 Å². The predicted octanol–water partition coefficient (Wildman–Crippen LogP) is 1.10.